The quantitative estimate of drug-likeness (QED) is 0.573. The average Bonchev–Trinajstić information content (AvgIpc) is 3.10. The molecule has 0 fully saturated rings. The molecular weight excluding hydrogens is 349 g/mol. The van der Waals surface area contributed by atoms with Gasteiger partial charge in [0.15, 0.2) is 6.61 Å². The van der Waals surface area contributed by atoms with Gasteiger partial charge in [0.25, 0.3) is 0 Å². The van der Waals surface area contributed by atoms with E-state index < -0.39 is 0 Å². The van der Waals surface area contributed by atoms with Crippen LogP contribution in [0.25, 0.3) is 0 Å². The predicted octanol–water partition coefficient (Wildman–Crippen LogP) is 3.61. The molecule has 0 spiro atoms. The second kappa shape index (κ2) is 9.14. The van der Waals surface area contributed by atoms with Crippen molar-refractivity contribution in [2.75, 3.05) is 20.2 Å². The van der Waals surface area contributed by atoms with Gasteiger partial charge in [0.05, 0.1) is 6.54 Å². The largest absolute Gasteiger partial charge is 0.492 e. The molecule has 6 nitrogen and oxygen atoms in total. The van der Waals surface area contributed by atoms with E-state index in [0.29, 0.717) is 30.6 Å². The second-order valence-electron chi connectivity index (χ2n) is 6.20. The van der Waals surface area contributed by atoms with Crippen molar-refractivity contribution in [3.8, 4) is 11.5 Å². The number of ether oxygens (including phenoxy) is 2. The highest BCUT2D eigenvalue weighted by atomic mass is 19.1. The van der Waals surface area contributed by atoms with Crippen LogP contribution in [0.1, 0.15) is 17.3 Å². The zero-order valence-corrected chi connectivity index (χ0v) is 15.4. The molecule has 0 atom stereocenters. The van der Waals surface area contributed by atoms with Gasteiger partial charge in [0.1, 0.15) is 23.9 Å². The summed E-state index contributed by atoms with van der Waals surface area (Å²) in [6.45, 7) is 3.98. The Morgan fingerprint density at radius 1 is 1.07 bits per heavy atom. The number of aromatic nitrogens is 2. The molecule has 0 bridgehead atoms. The van der Waals surface area contributed by atoms with Crippen molar-refractivity contribution in [1.82, 2.24) is 15.0 Å². The van der Waals surface area contributed by atoms with Gasteiger partial charge in [-0.2, -0.15) is 4.98 Å². The van der Waals surface area contributed by atoms with Gasteiger partial charge in [0.2, 0.25) is 11.7 Å². The van der Waals surface area contributed by atoms with Crippen molar-refractivity contribution in [2.45, 2.75) is 20.1 Å². The third-order valence-electron chi connectivity index (χ3n) is 3.92. The first-order chi connectivity index (χ1) is 13.1. The molecule has 27 heavy (non-hydrogen) atoms. The Morgan fingerprint density at radius 2 is 1.85 bits per heavy atom. The standard InChI is InChI=1S/C20H22FN3O3/c1-15-5-3-4-6-18(15)25-12-11-24(2)13-20-22-19(23-27-20)14-26-17-9-7-16(21)8-10-17/h3-10H,11-14H2,1-2H3. The summed E-state index contributed by atoms with van der Waals surface area (Å²) < 4.78 is 29.4. The van der Waals surface area contributed by atoms with Crippen molar-refractivity contribution in [3.05, 3.63) is 71.6 Å². The highest BCUT2D eigenvalue weighted by Gasteiger charge is 2.10. The molecule has 2 aromatic carbocycles. The van der Waals surface area contributed by atoms with Crippen molar-refractivity contribution >= 4 is 0 Å². The van der Waals surface area contributed by atoms with Crippen LogP contribution < -0.4 is 9.47 Å². The van der Waals surface area contributed by atoms with Crippen LogP contribution in [0, 0.1) is 12.7 Å². The average molecular weight is 371 g/mol. The van der Waals surface area contributed by atoms with Gasteiger partial charge in [-0.25, -0.2) is 4.39 Å². The molecule has 0 saturated heterocycles. The molecule has 0 aliphatic rings. The topological polar surface area (TPSA) is 60.6 Å². The smallest absolute Gasteiger partial charge is 0.240 e. The molecule has 0 aliphatic heterocycles. The van der Waals surface area contributed by atoms with Crippen LogP contribution in [0.2, 0.25) is 0 Å². The van der Waals surface area contributed by atoms with E-state index in [1.807, 2.05) is 43.1 Å². The molecule has 0 radical (unpaired) electrons. The molecule has 142 valence electrons. The summed E-state index contributed by atoms with van der Waals surface area (Å²) >= 11 is 0. The molecule has 1 aromatic heterocycles. The highest BCUT2D eigenvalue weighted by Crippen LogP contribution is 2.16. The van der Waals surface area contributed by atoms with Crippen molar-refractivity contribution in [3.63, 3.8) is 0 Å². The van der Waals surface area contributed by atoms with E-state index >= 15 is 0 Å². The molecule has 0 saturated carbocycles. The summed E-state index contributed by atoms with van der Waals surface area (Å²) in [5, 5.41) is 3.90. The molecule has 0 aliphatic carbocycles. The molecule has 0 amide bonds. The van der Waals surface area contributed by atoms with E-state index in [1.54, 1.807) is 12.1 Å². The Bertz CT molecular complexity index is 852. The van der Waals surface area contributed by atoms with E-state index in [-0.39, 0.29) is 12.4 Å². The summed E-state index contributed by atoms with van der Waals surface area (Å²) in [4.78, 5) is 6.34. The van der Waals surface area contributed by atoms with Gasteiger partial charge >= 0.3 is 0 Å². The lowest BCUT2D eigenvalue weighted by Gasteiger charge is -2.15. The van der Waals surface area contributed by atoms with Crippen LogP contribution in [-0.4, -0.2) is 35.2 Å². The Balaban J connectivity index is 1.41. The minimum atomic E-state index is -0.307. The van der Waals surface area contributed by atoms with E-state index in [2.05, 4.69) is 10.1 Å². The van der Waals surface area contributed by atoms with Gasteiger partial charge in [-0.3, -0.25) is 4.90 Å². The summed E-state index contributed by atoms with van der Waals surface area (Å²) in [5.41, 5.74) is 1.11. The zero-order valence-electron chi connectivity index (χ0n) is 15.4. The van der Waals surface area contributed by atoms with Gasteiger partial charge in [-0.05, 0) is 49.9 Å². The first kappa shape index (κ1) is 18.8. The summed E-state index contributed by atoms with van der Waals surface area (Å²) in [6, 6.07) is 13.7. The SMILES string of the molecule is Cc1ccccc1OCCN(C)Cc1nc(COc2ccc(F)cc2)no1. The van der Waals surface area contributed by atoms with E-state index in [0.717, 1.165) is 17.9 Å². The van der Waals surface area contributed by atoms with Crippen LogP contribution in [-0.2, 0) is 13.2 Å². The van der Waals surface area contributed by atoms with Crippen LogP contribution in [0.4, 0.5) is 4.39 Å². The van der Waals surface area contributed by atoms with Crippen LogP contribution in [0.15, 0.2) is 53.1 Å². The minimum absolute atomic E-state index is 0.162. The molecule has 0 N–H and O–H groups in total. The minimum Gasteiger partial charge on any atom is -0.492 e. The molecule has 3 rings (SSSR count). The van der Waals surface area contributed by atoms with Crippen LogP contribution >= 0.6 is 0 Å². The van der Waals surface area contributed by atoms with Gasteiger partial charge in [0, 0.05) is 6.54 Å². The number of hydrogen-bond donors (Lipinski definition) is 0. The third-order valence-corrected chi connectivity index (χ3v) is 3.92. The lowest BCUT2D eigenvalue weighted by Crippen LogP contribution is -2.24. The Morgan fingerprint density at radius 3 is 2.63 bits per heavy atom. The number of para-hydroxylation sites is 1. The van der Waals surface area contributed by atoms with Gasteiger partial charge in [-0.1, -0.05) is 23.4 Å². The predicted molar refractivity (Wildman–Crippen MR) is 98.0 cm³/mol. The number of aryl methyl sites for hydroxylation is 1. The number of rotatable bonds is 9. The van der Waals surface area contributed by atoms with Crippen molar-refractivity contribution < 1.29 is 18.4 Å². The summed E-state index contributed by atoms with van der Waals surface area (Å²) in [7, 11) is 1.96. The number of hydrogen-bond acceptors (Lipinski definition) is 6. The maximum Gasteiger partial charge on any atom is 0.240 e. The molecular formula is C20H22FN3O3. The first-order valence-corrected chi connectivity index (χ1v) is 8.67. The van der Waals surface area contributed by atoms with Crippen LogP contribution in [0.5, 0.6) is 11.5 Å². The monoisotopic (exact) mass is 371 g/mol. The summed E-state index contributed by atoms with van der Waals surface area (Å²) in [5.74, 6) is 2.08. The summed E-state index contributed by atoms with van der Waals surface area (Å²) in [6.07, 6.45) is 0. The third kappa shape index (κ3) is 5.79. The van der Waals surface area contributed by atoms with E-state index in [4.69, 9.17) is 14.0 Å². The maximum atomic E-state index is 12.9. The fourth-order valence-corrected chi connectivity index (χ4v) is 2.43. The molecule has 1 heterocycles. The normalized spacial score (nSPS) is 11.0. The Hall–Kier alpha value is -2.93. The number of likely N-dealkylation sites (N-methyl/N-ethyl adjacent to an activating group) is 1. The fraction of sp³-hybridized carbons (Fsp3) is 0.300. The number of halogens is 1. The molecule has 3 aromatic rings. The zero-order chi connectivity index (χ0) is 19.1. The number of benzene rings is 2. The van der Waals surface area contributed by atoms with E-state index in [9.17, 15) is 4.39 Å². The van der Waals surface area contributed by atoms with E-state index in [1.165, 1.54) is 12.1 Å². The Kier molecular flexibility index (Phi) is 6.38. The lowest BCUT2D eigenvalue weighted by molar-refractivity contribution is 0.211. The fourth-order valence-electron chi connectivity index (χ4n) is 2.43. The first-order valence-electron chi connectivity index (χ1n) is 8.67. The Labute approximate surface area is 157 Å². The number of nitrogens with zero attached hydrogens (tertiary/aromatic N) is 3. The lowest BCUT2D eigenvalue weighted by atomic mass is 10.2. The molecule has 7 heteroatoms. The highest BCUT2D eigenvalue weighted by molar-refractivity contribution is 5.31. The van der Waals surface area contributed by atoms with Crippen LogP contribution in [0.3, 0.4) is 0 Å². The van der Waals surface area contributed by atoms with Gasteiger partial charge in [-0.15, -0.1) is 0 Å². The van der Waals surface area contributed by atoms with Crippen molar-refractivity contribution in [2.24, 2.45) is 0 Å². The van der Waals surface area contributed by atoms with Crippen molar-refractivity contribution in [1.29, 1.82) is 0 Å². The van der Waals surface area contributed by atoms with Gasteiger partial charge < -0.3 is 14.0 Å². The molecule has 0 unspecified atom stereocenters. The maximum absolute atomic E-state index is 12.9. The second-order valence-corrected chi connectivity index (χ2v) is 6.20.